The Labute approximate surface area is 180 Å². The predicted octanol–water partition coefficient (Wildman–Crippen LogP) is 3.95. The minimum absolute atomic E-state index is 0.0392. The van der Waals surface area contributed by atoms with Crippen molar-refractivity contribution in [2.75, 3.05) is 18.4 Å². The molecule has 4 rings (SSSR count). The van der Waals surface area contributed by atoms with E-state index in [1.165, 1.54) is 29.7 Å². The van der Waals surface area contributed by atoms with Crippen LogP contribution < -0.4 is 10.7 Å². The van der Waals surface area contributed by atoms with Gasteiger partial charge in [0.15, 0.2) is 10.6 Å². The summed E-state index contributed by atoms with van der Waals surface area (Å²) < 4.78 is 2.92. The highest BCUT2D eigenvalue weighted by atomic mass is 32.1. The lowest BCUT2D eigenvalue weighted by Gasteiger charge is -2.30. The van der Waals surface area contributed by atoms with E-state index in [2.05, 4.69) is 34.3 Å². The first kappa shape index (κ1) is 20.8. The van der Waals surface area contributed by atoms with Crippen LogP contribution in [0.2, 0.25) is 0 Å². The van der Waals surface area contributed by atoms with Crippen molar-refractivity contribution in [2.45, 2.75) is 46.7 Å². The number of rotatable bonds is 5. The lowest BCUT2D eigenvalue weighted by atomic mass is 9.99. The normalized spacial score (nSPS) is 15.6. The Bertz CT molecular complexity index is 1100. The van der Waals surface area contributed by atoms with Crippen LogP contribution in [-0.2, 0) is 17.9 Å². The van der Waals surface area contributed by atoms with Gasteiger partial charge in [-0.2, -0.15) is 0 Å². The van der Waals surface area contributed by atoms with E-state index in [9.17, 15) is 9.59 Å². The number of nitrogens with one attached hydrogen (secondary N) is 1. The van der Waals surface area contributed by atoms with Crippen molar-refractivity contribution in [1.29, 1.82) is 0 Å². The number of carbonyl (C=O) groups excluding carboxylic acids is 1. The molecule has 0 spiro atoms. The largest absolute Gasteiger partial charge is 0.340 e. The van der Waals surface area contributed by atoms with Gasteiger partial charge >= 0.3 is 0 Å². The van der Waals surface area contributed by atoms with Gasteiger partial charge in [-0.05, 0) is 63.4 Å². The second-order valence-electron chi connectivity index (χ2n) is 8.39. The molecule has 1 aliphatic rings. The van der Waals surface area contributed by atoms with Crippen molar-refractivity contribution >= 4 is 32.6 Å². The molecule has 1 aromatic carbocycles. The fraction of sp³-hybridized carbons (Fsp3) is 0.435. The van der Waals surface area contributed by atoms with Crippen LogP contribution in [0, 0.1) is 19.8 Å². The number of piperidine rings is 1. The van der Waals surface area contributed by atoms with Crippen LogP contribution in [0.5, 0.6) is 0 Å². The maximum Gasteiger partial charge on any atom is 0.246 e. The summed E-state index contributed by atoms with van der Waals surface area (Å²) in [5.41, 5.74) is 3.70. The number of aromatic nitrogens is 2. The van der Waals surface area contributed by atoms with Gasteiger partial charge in [-0.1, -0.05) is 24.3 Å². The zero-order valence-electron chi connectivity index (χ0n) is 17.8. The Morgan fingerprint density at radius 2 is 1.87 bits per heavy atom. The molecule has 0 aliphatic carbocycles. The predicted molar refractivity (Wildman–Crippen MR) is 122 cm³/mol. The molecule has 0 radical (unpaired) electrons. The van der Waals surface area contributed by atoms with Gasteiger partial charge in [-0.15, -0.1) is 0 Å². The highest BCUT2D eigenvalue weighted by Crippen LogP contribution is 2.28. The number of hydrogen-bond acceptors (Lipinski definition) is 5. The Kier molecular flexibility index (Phi) is 6.01. The van der Waals surface area contributed by atoms with E-state index < -0.39 is 0 Å². The SMILES string of the molecule is Cc1cc(=O)cc(C)n1CC(=O)Nc1nc2ccc(CN3CCC(C)CC3)cc2s1. The summed E-state index contributed by atoms with van der Waals surface area (Å²) in [4.78, 5) is 31.2. The summed E-state index contributed by atoms with van der Waals surface area (Å²) in [6, 6.07) is 9.46. The molecule has 7 heteroatoms. The van der Waals surface area contributed by atoms with E-state index >= 15 is 0 Å². The number of nitrogens with zero attached hydrogens (tertiary/aromatic N) is 3. The van der Waals surface area contributed by atoms with Crippen LogP contribution in [-0.4, -0.2) is 33.4 Å². The van der Waals surface area contributed by atoms with Crippen LogP contribution in [0.3, 0.4) is 0 Å². The average Bonchev–Trinajstić information content (AvgIpc) is 3.08. The van der Waals surface area contributed by atoms with Gasteiger partial charge in [0, 0.05) is 30.1 Å². The first-order valence-corrected chi connectivity index (χ1v) is 11.3. The van der Waals surface area contributed by atoms with Crippen LogP contribution in [0.4, 0.5) is 5.13 Å². The number of aryl methyl sites for hydroxylation is 2. The molecule has 3 heterocycles. The van der Waals surface area contributed by atoms with Gasteiger partial charge in [0.2, 0.25) is 5.91 Å². The molecule has 1 aliphatic heterocycles. The highest BCUT2D eigenvalue weighted by Gasteiger charge is 2.16. The second-order valence-corrected chi connectivity index (χ2v) is 9.42. The number of pyridine rings is 1. The molecule has 1 N–H and O–H groups in total. The number of fused-ring (bicyclic) bond motifs is 1. The van der Waals surface area contributed by atoms with E-state index in [0.29, 0.717) is 5.13 Å². The molecule has 1 saturated heterocycles. The molecule has 1 fully saturated rings. The molecular formula is C23H28N4O2S. The number of hydrogen-bond donors (Lipinski definition) is 1. The fourth-order valence-electron chi connectivity index (χ4n) is 4.04. The number of anilines is 1. The van der Waals surface area contributed by atoms with Crippen LogP contribution in [0.25, 0.3) is 10.2 Å². The fourth-order valence-corrected chi connectivity index (χ4v) is 4.98. The minimum atomic E-state index is -0.147. The monoisotopic (exact) mass is 424 g/mol. The third-order valence-corrected chi connectivity index (χ3v) is 6.77. The summed E-state index contributed by atoms with van der Waals surface area (Å²) in [7, 11) is 0. The van der Waals surface area contributed by atoms with Gasteiger partial charge in [0.25, 0.3) is 0 Å². The van der Waals surface area contributed by atoms with E-state index in [4.69, 9.17) is 0 Å². The molecule has 2 aromatic heterocycles. The average molecular weight is 425 g/mol. The van der Waals surface area contributed by atoms with Gasteiger partial charge < -0.3 is 9.88 Å². The van der Waals surface area contributed by atoms with E-state index in [-0.39, 0.29) is 17.9 Å². The lowest BCUT2D eigenvalue weighted by Crippen LogP contribution is -2.32. The van der Waals surface area contributed by atoms with E-state index in [1.54, 1.807) is 12.1 Å². The first-order valence-electron chi connectivity index (χ1n) is 10.5. The van der Waals surface area contributed by atoms with Crippen LogP contribution in [0.15, 0.2) is 35.1 Å². The number of thiazole rings is 1. The smallest absolute Gasteiger partial charge is 0.246 e. The minimum Gasteiger partial charge on any atom is -0.340 e. The zero-order valence-corrected chi connectivity index (χ0v) is 18.6. The third kappa shape index (κ3) is 4.79. The Balaban J connectivity index is 1.43. The Morgan fingerprint density at radius 3 is 2.57 bits per heavy atom. The van der Waals surface area contributed by atoms with E-state index in [0.717, 1.165) is 47.2 Å². The van der Waals surface area contributed by atoms with Crippen molar-refractivity contribution in [3.8, 4) is 0 Å². The van der Waals surface area contributed by atoms with Crippen molar-refractivity contribution in [1.82, 2.24) is 14.5 Å². The van der Waals surface area contributed by atoms with Crippen molar-refractivity contribution in [3.05, 3.63) is 57.5 Å². The molecule has 0 bridgehead atoms. The van der Waals surface area contributed by atoms with Crippen molar-refractivity contribution in [2.24, 2.45) is 5.92 Å². The number of amides is 1. The van der Waals surface area contributed by atoms with Crippen LogP contribution >= 0.6 is 11.3 Å². The summed E-state index contributed by atoms with van der Waals surface area (Å²) in [5, 5.41) is 3.52. The molecule has 0 saturated carbocycles. The van der Waals surface area contributed by atoms with Crippen molar-refractivity contribution < 1.29 is 4.79 Å². The van der Waals surface area contributed by atoms with Gasteiger partial charge in [-0.25, -0.2) is 4.98 Å². The maximum atomic E-state index is 12.6. The van der Waals surface area contributed by atoms with Crippen LogP contribution in [0.1, 0.15) is 36.7 Å². The molecule has 1 amide bonds. The number of benzene rings is 1. The number of likely N-dealkylation sites (tertiary alicyclic amines) is 1. The molecule has 30 heavy (non-hydrogen) atoms. The molecule has 158 valence electrons. The summed E-state index contributed by atoms with van der Waals surface area (Å²) in [6.45, 7) is 9.45. The summed E-state index contributed by atoms with van der Waals surface area (Å²) in [5.74, 6) is 0.687. The zero-order chi connectivity index (χ0) is 21.3. The highest BCUT2D eigenvalue weighted by molar-refractivity contribution is 7.22. The molecule has 0 unspecified atom stereocenters. The summed E-state index contributed by atoms with van der Waals surface area (Å²) in [6.07, 6.45) is 2.54. The molecular weight excluding hydrogens is 396 g/mol. The summed E-state index contributed by atoms with van der Waals surface area (Å²) >= 11 is 1.50. The third-order valence-electron chi connectivity index (χ3n) is 5.84. The molecule has 3 aromatic rings. The number of carbonyl (C=O) groups is 1. The quantitative estimate of drug-likeness (QED) is 0.674. The molecule has 0 atom stereocenters. The van der Waals surface area contributed by atoms with Gasteiger partial charge in [0.1, 0.15) is 6.54 Å². The Morgan fingerprint density at radius 1 is 1.17 bits per heavy atom. The second kappa shape index (κ2) is 8.70. The topological polar surface area (TPSA) is 67.2 Å². The standard InChI is InChI=1S/C23H28N4O2S/c1-15-6-8-26(9-7-15)13-18-4-5-20-21(12-18)30-23(24-20)25-22(29)14-27-16(2)10-19(28)11-17(27)3/h4-5,10-12,15H,6-9,13-14H2,1-3H3,(H,24,25,29). The molecule has 6 nitrogen and oxygen atoms in total. The van der Waals surface area contributed by atoms with Gasteiger partial charge in [-0.3, -0.25) is 14.5 Å². The van der Waals surface area contributed by atoms with E-state index in [1.807, 2.05) is 24.5 Å². The Hall–Kier alpha value is -2.51. The first-order chi connectivity index (χ1) is 14.4. The van der Waals surface area contributed by atoms with Gasteiger partial charge in [0.05, 0.1) is 10.2 Å². The lowest BCUT2D eigenvalue weighted by molar-refractivity contribution is -0.116. The van der Waals surface area contributed by atoms with Crippen molar-refractivity contribution in [3.63, 3.8) is 0 Å². The maximum absolute atomic E-state index is 12.6.